The summed E-state index contributed by atoms with van der Waals surface area (Å²) in [6.07, 6.45) is 4.77. The van der Waals surface area contributed by atoms with Gasteiger partial charge >= 0.3 is 0 Å². The third-order valence-electron chi connectivity index (χ3n) is 3.40. The van der Waals surface area contributed by atoms with Gasteiger partial charge in [0.1, 0.15) is 5.56 Å². The van der Waals surface area contributed by atoms with Crippen molar-refractivity contribution >= 4 is 30.2 Å². The second-order valence-corrected chi connectivity index (χ2v) is 5.15. The molecule has 1 N–H and O–H groups in total. The molecule has 6 heteroatoms. The Morgan fingerprint density at radius 3 is 2.43 bits per heavy atom. The van der Waals surface area contributed by atoms with E-state index in [0.29, 0.717) is 17.9 Å². The zero-order chi connectivity index (χ0) is 16.8. The smallest absolute Gasteiger partial charge is 0.265 e. The maximum atomic E-state index is 12.4. The van der Waals surface area contributed by atoms with Crippen molar-refractivity contribution in [3.63, 3.8) is 0 Å². The molecule has 0 aliphatic carbocycles. The third kappa shape index (κ3) is 3.65. The van der Waals surface area contributed by atoms with Gasteiger partial charge in [-0.05, 0) is 50.4 Å². The molecule has 1 aromatic heterocycles. The molecule has 0 aliphatic heterocycles. The van der Waals surface area contributed by atoms with Gasteiger partial charge < -0.3 is 5.11 Å². The van der Waals surface area contributed by atoms with Crippen LogP contribution in [0.3, 0.4) is 0 Å². The van der Waals surface area contributed by atoms with Crippen molar-refractivity contribution in [2.24, 2.45) is 4.99 Å². The number of rotatable bonds is 5. The van der Waals surface area contributed by atoms with Crippen LogP contribution in [0.1, 0.15) is 19.4 Å². The molecule has 120 valence electrons. The van der Waals surface area contributed by atoms with Gasteiger partial charge in [0, 0.05) is 19.3 Å². The summed E-state index contributed by atoms with van der Waals surface area (Å²) in [5.41, 5.74) is 0.725. The number of para-hydroxylation sites is 1. The highest BCUT2D eigenvalue weighted by atomic mass is 32.1. The van der Waals surface area contributed by atoms with E-state index in [1.807, 2.05) is 44.2 Å². The molecule has 2 rings (SSSR count). The molecule has 0 atom stereocenters. The highest BCUT2D eigenvalue weighted by Crippen LogP contribution is 2.16. The monoisotopic (exact) mass is 329 g/mol. The van der Waals surface area contributed by atoms with E-state index in [2.05, 4.69) is 4.99 Å². The average Bonchev–Trinajstić information content (AvgIpc) is 2.56. The lowest BCUT2D eigenvalue weighted by molar-refractivity contribution is 0.399. The summed E-state index contributed by atoms with van der Waals surface area (Å²) in [7, 11) is 0. The predicted molar refractivity (Wildman–Crippen MR) is 96.2 cm³/mol. The first-order valence-electron chi connectivity index (χ1n) is 7.42. The number of aliphatic imine (C=N–C) groups is 1. The molecular formula is C17H19N3O2S. The minimum absolute atomic E-state index is 0.114. The fraction of sp³-hybridized carbons (Fsp3) is 0.235. The standard InChI is InChI=1S/C17H19N3O2S/c1-3-19-15(21)14(16(22)20(4-2)17(19)23)11-8-12-18-13-9-6-5-7-10-13/h5-12,21H,3-4H2,1-2H3/b11-8+,18-12?. The van der Waals surface area contributed by atoms with Crippen LogP contribution in [0.4, 0.5) is 5.69 Å². The van der Waals surface area contributed by atoms with E-state index in [1.54, 1.807) is 18.4 Å². The third-order valence-corrected chi connectivity index (χ3v) is 3.84. The van der Waals surface area contributed by atoms with E-state index in [9.17, 15) is 9.90 Å². The highest BCUT2D eigenvalue weighted by Gasteiger charge is 2.12. The molecule has 1 aromatic carbocycles. The van der Waals surface area contributed by atoms with Crippen LogP contribution in [-0.4, -0.2) is 20.5 Å². The zero-order valence-electron chi connectivity index (χ0n) is 13.1. The molecule has 1 heterocycles. The average molecular weight is 329 g/mol. The topological polar surface area (TPSA) is 59.5 Å². The molecule has 2 aromatic rings. The fourth-order valence-electron chi connectivity index (χ4n) is 2.20. The minimum atomic E-state index is -0.302. The summed E-state index contributed by atoms with van der Waals surface area (Å²) in [4.78, 5) is 16.7. The first-order chi connectivity index (χ1) is 11.1. The SMILES string of the molecule is CCn1c(O)c(/C=C/C=Nc2ccccc2)c(=O)n(CC)c1=S. The van der Waals surface area contributed by atoms with E-state index in [0.717, 1.165) is 5.69 Å². The highest BCUT2D eigenvalue weighted by molar-refractivity contribution is 7.71. The number of benzene rings is 1. The van der Waals surface area contributed by atoms with Crippen molar-refractivity contribution in [3.8, 4) is 5.88 Å². The predicted octanol–water partition coefficient (Wildman–Crippen LogP) is 3.54. The van der Waals surface area contributed by atoms with E-state index in [1.165, 1.54) is 9.13 Å². The van der Waals surface area contributed by atoms with Crippen molar-refractivity contribution < 1.29 is 5.11 Å². The second kappa shape index (κ2) is 7.69. The second-order valence-electron chi connectivity index (χ2n) is 4.79. The van der Waals surface area contributed by atoms with Crippen LogP contribution in [0.2, 0.25) is 0 Å². The Kier molecular flexibility index (Phi) is 5.65. The van der Waals surface area contributed by atoms with Crippen molar-refractivity contribution in [2.75, 3.05) is 0 Å². The van der Waals surface area contributed by atoms with E-state index in [4.69, 9.17) is 12.2 Å². The summed E-state index contributed by atoms with van der Waals surface area (Å²) in [6.45, 7) is 4.66. The van der Waals surface area contributed by atoms with Crippen LogP contribution < -0.4 is 5.56 Å². The number of hydrogen-bond acceptors (Lipinski definition) is 4. The largest absolute Gasteiger partial charge is 0.494 e. The Balaban J connectivity index is 2.40. The number of aromatic hydroxyl groups is 1. The number of aromatic nitrogens is 2. The van der Waals surface area contributed by atoms with Crippen molar-refractivity contribution in [1.29, 1.82) is 0 Å². The zero-order valence-corrected chi connectivity index (χ0v) is 14.0. The molecule has 0 saturated heterocycles. The first-order valence-corrected chi connectivity index (χ1v) is 7.83. The molecule has 0 fully saturated rings. The summed E-state index contributed by atoms with van der Waals surface area (Å²) in [5.74, 6) is -0.114. The molecule has 0 unspecified atom stereocenters. The summed E-state index contributed by atoms with van der Waals surface area (Å²) < 4.78 is 3.33. The molecule has 0 radical (unpaired) electrons. The summed E-state index contributed by atoms with van der Waals surface area (Å²) >= 11 is 5.24. The van der Waals surface area contributed by atoms with Gasteiger partial charge in [-0.25, -0.2) is 0 Å². The normalized spacial score (nSPS) is 11.6. The maximum Gasteiger partial charge on any atom is 0.265 e. The molecular weight excluding hydrogens is 310 g/mol. The van der Waals surface area contributed by atoms with Gasteiger partial charge in [0.05, 0.1) is 5.69 Å². The van der Waals surface area contributed by atoms with Gasteiger partial charge in [0.2, 0.25) is 5.88 Å². The Morgan fingerprint density at radius 1 is 1.17 bits per heavy atom. The van der Waals surface area contributed by atoms with Crippen LogP contribution in [0.15, 0.2) is 46.2 Å². The van der Waals surface area contributed by atoms with Gasteiger partial charge in [-0.15, -0.1) is 0 Å². The van der Waals surface area contributed by atoms with E-state index in [-0.39, 0.29) is 17.0 Å². The maximum absolute atomic E-state index is 12.4. The van der Waals surface area contributed by atoms with Gasteiger partial charge in [0.15, 0.2) is 4.77 Å². The van der Waals surface area contributed by atoms with Crippen molar-refractivity contribution in [1.82, 2.24) is 9.13 Å². The van der Waals surface area contributed by atoms with Crippen molar-refractivity contribution in [3.05, 3.63) is 57.1 Å². The Labute approximate surface area is 139 Å². The molecule has 0 bridgehead atoms. The Bertz CT molecular complexity index is 849. The number of allylic oxidation sites excluding steroid dienone is 1. The van der Waals surface area contributed by atoms with Gasteiger partial charge in [0.25, 0.3) is 5.56 Å². The summed E-state index contributed by atoms with van der Waals surface area (Å²) in [6, 6.07) is 9.47. The van der Waals surface area contributed by atoms with Gasteiger partial charge in [-0.2, -0.15) is 0 Å². The van der Waals surface area contributed by atoms with E-state index < -0.39 is 0 Å². The van der Waals surface area contributed by atoms with Gasteiger partial charge in [-0.1, -0.05) is 18.2 Å². The van der Waals surface area contributed by atoms with E-state index >= 15 is 0 Å². The fourth-order valence-corrected chi connectivity index (χ4v) is 2.63. The Hall–Kier alpha value is -2.47. The first kappa shape index (κ1) is 16.9. The summed E-state index contributed by atoms with van der Waals surface area (Å²) in [5, 5.41) is 10.3. The molecule has 23 heavy (non-hydrogen) atoms. The number of nitrogens with zero attached hydrogens (tertiary/aromatic N) is 3. The van der Waals surface area contributed by atoms with Crippen LogP contribution in [0, 0.1) is 4.77 Å². The quantitative estimate of drug-likeness (QED) is 0.674. The van der Waals surface area contributed by atoms with Crippen LogP contribution in [0.5, 0.6) is 5.88 Å². The van der Waals surface area contributed by atoms with Crippen LogP contribution >= 0.6 is 12.2 Å². The molecule has 5 nitrogen and oxygen atoms in total. The van der Waals surface area contributed by atoms with Crippen molar-refractivity contribution in [2.45, 2.75) is 26.9 Å². The lowest BCUT2D eigenvalue weighted by atomic mass is 10.2. The molecule has 0 spiro atoms. The minimum Gasteiger partial charge on any atom is -0.494 e. The molecule has 0 aliphatic rings. The number of hydrogen-bond donors (Lipinski definition) is 1. The van der Waals surface area contributed by atoms with Crippen LogP contribution in [-0.2, 0) is 13.1 Å². The van der Waals surface area contributed by atoms with Crippen LogP contribution in [0.25, 0.3) is 6.08 Å². The lowest BCUT2D eigenvalue weighted by Gasteiger charge is -2.13. The lowest BCUT2D eigenvalue weighted by Crippen LogP contribution is -2.26. The molecule has 0 amide bonds. The molecule has 0 saturated carbocycles. The van der Waals surface area contributed by atoms with Gasteiger partial charge in [-0.3, -0.25) is 18.9 Å². The Morgan fingerprint density at radius 2 is 1.83 bits per heavy atom.